The van der Waals surface area contributed by atoms with E-state index in [2.05, 4.69) is 15.3 Å². The zero-order chi connectivity index (χ0) is 16.7. The normalized spacial score (nSPS) is 10.2. The molecular formula is C16H18N4O2S. The first-order chi connectivity index (χ1) is 11.1. The van der Waals surface area contributed by atoms with Crippen LogP contribution in [-0.4, -0.2) is 46.5 Å². The molecule has 2 amide bonds. The van der Waals surface area contributed by atoms with Crippen molar-refractivity contribution >= 4 is 29.3 Å². The van der Waals surface area contributed by atoms with Crippen molar-refractivity contribution in [3.05, 3.63) is 48.3 Å². The number of nitrogens with zero attached hydrogens (tertiary/aromatic N) is 3. The Kier molecular flexibility index (Phi) is 6.10. The molecule has 0 radical (unpaired) electrons. The summed E-state index contributed by atoms with van der Waals surface area (Å²) in [5.41, 5.74) is 1.16. The molecule has 0 saturated carbocycles. The van der Waals surface area contributed by atoms with Crippen LogP contribution in [0.5, 0.6) is 0 Å². The Morgan fingerprint density at radius 1 is 1.17 bits per heavy atom. The van der Waals surface area contributed by atoms with Crippen LogP contribution in [0.15, 0.2) is 47.9 Å². The maximum Gasteiger partial charge on any atom is 0.253 e. The number of hydrogen-bond acceptors (Lipinski definition) is 5. The number of carbonyl (C=O) groups is 2. The van der Waals surface area contributed by atoms with Crippen molar-refractivity contribution in [1.29, 1.82) is 0 Å². The van der Waals surface area contributed by atoms with Gasteiger partial charge in [-0.25, -0.2) is 9.97 Å². The van der Waals surface area contributed by atoms with Gasteiger partial charge in [0.05, 0.1) is 0 Å². The van der Waals surface area contributed by atoms with E-state index in [4.69, 9.17) is 0 Å². The quantitative estimate of drug-likeness (QED) is 0.650. The molecular weight excluding hydrogens is 312 g/mol. The second kappa shape index (κ2) is 8.28. The number of thioether (sulfide) groups is 1. The van der Waals surface area contributed by atoms with Crippen molar-refractivity contribution in [3.63, 3.8) is 0 Å². The van der Waals surface area contributed by atoms with Crippen LogP contribution in [0.1, 0.15) is 16.8 Å². The number of aromatic nitrogens is 2. The SMILES string of the molecule is CN(C)C(=O)c1cccc(NC(=O)CCSc2ncccn2)c1. The zero-order valence-corrected chi connectivity index (χ0v) is 13.8. The van der Waals surface area contributed by atoms with E-state index in [0.717, 1.165) is 0 Å². The van der Waals surface area contributed by atoms with Gasteiger partial charge in [0, 0.05) is 49.9 Å². The lowest BCUT2D eigenvalue weighted by Gasteiger charge is -2.11. The Hall–Kier alpha value is -2.41. The van der Waals surface area contributed by atoms with Crippen molar-refractivity contribution in [2.45, 2.75) is 11.6 Å². The summed E-state index contributed by atoms with van der Waals surface area (Å²) < 4.78 is 0. The van der Waals surface area contributed by atoms with Crippen molar-refractivity contribution in [1.82, 2.24) is 14.9 Å². The number of amides is 2. The van der Waals surface area contributed by atoms with Crippen LogP contribution < -0.4 is 5.32 Å². The second-order valence-corrected chi connectivity index (χ2v) is 6.02. The molecule has 7 heteroatoms. The van der Waals surface area contributed by atoms with Crippen molar-refractivity contribution in [2.24, 2.45) is 0 Å². The monoisotopic (exact) mass is 330 g/mol. The minimum absolute atomic E-state index is 0.0992. The Balaban J connectivity index is 1.85. The molecule has 1 aromatic carbocycles. The van der Waals surface area contributed by atoms with Crippen LogP contribution in [0.25, 0.3) is 0 Å². The molecule has 0 atom stereocenters. The van der Waals surface area contributed by atoms with Crippen molar-refractivity contribution < 1.29 is 9.59 Å². The maximum absolute atomic E-state index is 12.0. The van der Waals surface area contributed by atoms with Crippen molar-refractivity contribution in [2.75, 3.05) is 25.2 Å². The summed E-state index contributed by atoms with van der Waals surface area (Å²) in [4.78, 5) is 33.5. The van der Waals surface area contributed by atoms with Crippen LogP contribution >= 0.6 is 11.8 Å². The summed E-state index contributed by atoms with van der Waals surface area (Å²) >= 11 is 1.43. The number of nitrogens with one attached hydrogen (secondary N) is 1. The molecule has 0 aliphatic carbocycles. The fraction of sp³-hybridized carbons (Fsp3) is 0.250. The number of anilines is 1. The third kappa shape index (κ3) is 5.37. The van der Waals surface area contributed by atoms with E-state index < -0.39 is 0 Å². The highest BCUT2D eigenvalue weighted by molar-refractivity contribution is 7.99. The topological polar surface area (TPSA) is 75.2 Å². The highest BCUT2D eigenvalue weighted by atomic mass is 32.2. The largest absolute Gasteiger partial charge is 0.345 e. The minimum atomic E-state index is -0.108. The summed E-state index contributed by atoms with van der Waals surface area (Å²) in [6.45, 7) is 0. The highest BCUT2D eigenvalue weighted by Gasteiger charge is 2.09. The van der Waals surface area contributed by atoms with E-state index in [9.17, 15) is 9.59 Å². The van der Waals surface area contributed by atoms with Crippen LogP contribution in [0.4, 0.5) is 5.69 Å². The van der Waals surface area contributed by atoms with E-state index in [-0.39, 0.29) is 11.8 Å². The van der Waals surface area contributed by atoms with Gasteiger partial charge in [0.1, 0.15) is 0 Å². The molecule has 0 fully saturated rings. The summed E-state index contributed by atoms with van der Waals surface area (Å²) in [7, 11) is 3.38. The van der Waals surface area contributed by atoms with Gasteiger partial charge in [0.15, 0.2) is 5.16 Å². The fourth-order valence-electron chi connectivity index (χ4n) is 1.81. The molecule has 1 aromatic heterocycles. The summed E-state index contributed by atoms with van der Waals surface area (Å²) in [6, 6.07) is 8.66. The Labute approximate surface area is 139 Å². The van der Waals surface area contributed by atoms with Gasteiger partial charge >= 0.3 is 0 Å². The molecule has 0 aliphatic heterocycles. The van der Waals surface area contributed by atoms with Crippen LogP contribution in [0.2, 0.25) is 0 Å². The van der Waals surface area contributed by atoms with E-state index >= 15 is 0 Å². The smallest absolute Gasteiger partial charge is 0.253 e. The first-order valence-corrected chi connectivity index (χ1v) is 8.06. The molecule has 0 bridgehead atoms. The van der Waals surface area contributed by atoms with Gasteiger partial charge in [-0.1, -0.05) is 17.8 Å². The van der Waals surface area contributed by atoms with E-state index in [0.29, 0.717) is 28.6 Å². The standard InChI is InChI=1S/C16H18N4O2S/c1-20(2)15(22)12-5-3-6-13(11-12)19-14(21)7-10-23-16-17-8-4-9-18-16/h3-6,8-9,11H,7,10H2,1-2H3,(H,19,21). The Morgan fingerprint density at radius 2 is 1.91 bits per heavy atom. The van der Waals surface area contributed by atoms with Crippen LogP contribution in [0.3, 0.4) is 0 Å². The highest BCUT2D eigenvalue weighted by Crippen LogP contribution is 2.15. The lowest BCUT2D eigenvalue weighted by molar-refractivity contribution is -0.115. The molecule has 23 heavy (non-hydrogen) atoms. The van der Waals surface area contributed by atoms with Gasteiger partial charge in [0.25, 0.3) is 5.91 Å². The molecule has 0 saturated heterocycles. The van der Waals surface area contributed by atoms with E-state index in [1.54, 1.807) is 56.8 Å². The lowest BCUT2D eigenvalue weighted by atomic mass is 10.2. The first-order valence-electron chi connectivity index (χ1n) is 7.07. The molecule has 6 nitrogen and oxygen atoms in total. The summed E-state index contributed by atoms with van der Waals surface area (Å²) in [6.07, 6.45) is 3.68. The Bertz CT molecular complexity index is 677. The predicted octanol–water partition coefficient (Wildman–Crippen LogP) is 2.30. The van der Waals surface area contributed by atoms with Gasteiger partial charge in [0.2, 0.25) is 5.91 Å². The lowest BCUT2D eigenvalue weighted by Crippen LogP contribution is -2.22. The molecule has 0 aliphatic rings. The van der Waals surface area contributed by atoms with Gasteiger partial charge in [-0.15, -0.1) is 0 Å². The Morgan fingerprint density at radius 3 is 2.61 bits per heavy atom. The zero-order valence-electron chi connectivity index (χ0n) is 13.0. The van der Waals surface area contributed by atoms with Crippen LogP contribution in [-0.2, 0) is 4.79 Å². The molecule has 0 unspecified atom stereocenters. The summed E-state index contributed by atoms with van der Waals surface area (Å²) in [5.74, 6) is 0.382. The van der Waals surface area contributed by atoms with Crippen LogP contribution in [0, 0.1) is 0 Å². The van der Waals surface area contributed by atoms with Gasteiger partial charge in [-0.3, -0.25) is 9.59 Å². The third-order valence-electron chi connectivity index (χ3n) is 2.90. The average molecular weight is 330 g/mol. The molecule has 2 aromatic rings. The molecule has 1 heterocycles. The number of hydrogen-bond donors (Lipinski definition) is 1. The average Bonchev–Trinajstić information content (AvgIpc) is 2.55. The molecule has 120 valence electrons. The van der Waals surface area contributed by atoms with Gasteiger partial charge in [-0.2, -0.15) is 0 Å². The number of carbonyl (C=O) groups excluding carboxylic acids is 2. The molecule has 1 N–H and O–H groups in total. The third-order valence-corrected chi connectivity index (χ3v) is 3.78. The summed E-state index contributed by atoms with van der Waals surface area (Å²) in [5, 5.41) is 3.45. The minimum Gasteiger partial charge on any atom is -0.345 e. The fourth-order valence-corrected chi connectivity index (χ4v) is 2.55. The maximum atomic E-state index is 12.0. The van der Waals surface area contributed by atoms with E-state index in [1.807, 2.05) is 0 Å². The number of benzene rings is 1. The molecule has 0 spiro atoms. The van der Waals surface area contributed by atoms with Gasteiger partial charge < -0.3 is 10.2 Å². The molecule has 2 rings (SSSR count). The number of rotatable bonds is 6. The second-order valence-electron chi connectivity index (χ2n) is 4.96. The van der Waals surface area contributed by atoms with Gasteiger partial charge in [-0.05, 0) is 24.3 Å². The predicted molar refractivity (Wildman–Crippen MR) is 90.5 cm³/mol. The van der Waals surface area contributed by atoms with Crippen molar-refractivity contribution in [3.8, 4) is 0 Å². The first kappa shape index (κ1) is 17.0. The van der Waals surface area contributed by atoms with E-state index in [1.165, 1.54) is 16.7 Å².